The lowest BCUT2D eigenvalue weighted by atomic mass is 9.96. The van der Waals surface area contributed by atoms with Gasteiger partial charge in [0, 0.05) is 6.04 Å². The van der Waals surface area contributed by atoms with Gasteiger partial charge in [-0.15, -0.1) is 0 Å². The smallest absolute Gasteiger partial charge is 0.315 e. The molecular weight excluding hydrogens is 274 g/mol. The van der Waals surface area contributed by atoms with Crippen LogP contribution in [0.1, 0.15) is 32.1 Å². The molecule has 18 heavy (non-hydrogen) atoms. The van der Waals surface area contributed by atoms with Gasteiger partial charge in [0.05, 0.1) is 10.7 Å². The molecule has 0 saturated heterocycles. The van der Waals surface area contributed by atoms with Gasteiger partial charge >= 0.3 is 5.38 Å². The lowest BCUT2D eigenvalue weighted by molar-refractivity contribution is 0.206. The fourth-order valence-corrected chi connectivity index (χ4v) is 2.71. The highest BCUT2D eigenvalue weighted by Crippen LogP contribution is 2.28. The van der Waals surface area contributed by atoms with Crippen LogP contribution in [0.25, 0.3) is 0 Å². The molecule has 1 aliphatic carbocycles. The maximum absolute atomic E-state index is 14.2. The van der Waals surface area contributed by atoms with Crippen molar-refractivity contribution in [2.75, 3.05) is 5.32 Å². The van der Waals surface area contributed by atoms with E-state index in [1.54, 1.807) is 24.3 Å². The Balaban J connectivity index is 1.96. The average molecular weight is 291 g/mol. The van der Waals surface area contributed by atoms with Crippen molar-refractivity contribution in [3.8, 4) is 0 Å². The maximum atomic E-state index is 14.2. The Hall–Kier alpha value is -0.510. The molecule has 0 aliphatic heterocycles. The molecule has 0 aromatic heterocycles. The molecule has 1 unspecified atom stereocenters. The summed E-state index contributed by atoms with van der Waals surface area (Å²) in [5.41, 5.74) is 0.486. The summed E-state index contributed by atoms with van der Waals surface area (Å²) >= 11 is 11.8. The van der Waals surface area contributed by atoms with Crippen LogP contribution in [-0.2, 0) is 0 Å². The Morgan fingerprint density at radius 1 is 1.17 bits per heavy atom. The first kappa shape index (κ1) is 13.9. The number of halogens is 3. The van der Waals surface area contributed by atoms with Crippen LogP contribution in [0.3, 0.4) is 0 Å². The highest BCUT2D eigenvalue weighted by atomic mass is 35.5. The summed E-state index contributed by atoms with van der Waals surface area (Å²) in [6.45, 7) is 0. The lowest BCUT2D eigenvalue weighted by Gasteiger charge is -2.30. The van der Waals surface area contributed by atoms with Crippen LogP contribution >= 0.6 is 23.2 Å². The Morgan fingerprint density at radius 2 is 1.83 bits per heavy atom. The fraction of sp³-hybridized carbons (Fsp3) is 0.538. The molecule has 0 bridgehead atoms. The number of benzene rings is 1. The summed E-state index contributed by atoms with van der Waals surface area (Å²) in [6, 6.07) is 7.08. The standard InChI is InChI=1S/C13H17Cl2FN2/c14-11-8-4-5-9-12(11)18-13(15,16)17-10-6-2-1-3-7-10/h4-5,8-10,17-18H,1-3,6-7H2. The van der Waals surface area contributed by atoms with E-state index in [2.05, 4.69) is 10.6 Å². The van der Waals surface area contributed by atoms with Crippen LogP contribution in [0.4, 0.5) is 10.1 Å². The van der Waals surface area contributed by atoms with Crippen molar-refractivity contribution in [3.63, 3.8) is 0 Å². The van der Waals surface area contributed by atoms with Gasteiger partial charge in [-0.05, 0) is 36.6 Å². The topological polar surface area (TPSA) is 24.1 Å². The molecule has 5 heteroatoms. The first-order valence-electron chi connectivity index (χ1n) is 6.25. The minimum absolute atomic E-state index is 0.122. The average Bonchev–Trinajstić information content (AvgIpc) is 2.32. The number of alkyl halides is 2. The van der Waals surface area contributed by atoms with Crippen LogP contribution in [-0.4, -0.2) is 11.4 Å². The minimum Gasteiger partial charge on any atom is -0.327 e. The Bertz CT molecular complexity index is 392. The summed E-state index contributed by atoms with van der Waals surface area (Å²) < 4.78 is 14.2. The highest BCUT2D eigenvalue weighted by Gasteiger charge is 2.30. The third-order valence-electron chi connectivity index (χ3n) is 3.16. The molecule has 1 atom stereocenters. The van der Waals surface area contributed by atoms with Crippen molar-refractivity contribution in [3.05, 3.63) is 29.3 Å². The molecule has 1 saturated carbocycles. The molecule has 0 radical (unpaired) electrons. The normalized spacial score (nSPS) is 20.4. The van der Waals surface area contributed by atoms with Crippen LogP contribution < -0.4 is 10.6 Å². The van der Waals surface area contributed by atoms with E-state index in [0.29, 0.717) is 10.7 Å². The van der Waals surface area contributed by atoms with E-state index in [1.807, 2.05) is 0 Å². The van der Waals surface area contributed by atoms with E-state index in [1.165, 1.54) is 6.42 Å². The summed E-state index contributed by atoms with van der Waals surface area (Å²) in [5.74, 6) is 0. The maximum Gasteiger partial charge on any atom is 0.315 e. The second kappa shape index (κ2) is 6.09. The molecule has 1 aliphatic rings. The third kappa shape index (κ3) is 4.01. The van der Waals surface area contributed by atoms with Gasteiger partial charge in [-0.25, -0.2) is 0 Å². The first-order valence-corrected chi connectivity index (χ1v) is 7.01. The number of nitrogens with one attached hydrogen (secondary N) is 2. The van der Waals surface area contributed by atoms with Gasteiger partial charge < -0.3 is 5.32 Å². The zero-order valence-corrected chi connectivity index (χ0v) is 11.6. The Morgan fingerprint density at radius 3 is 2.50 bits per heavy atom. The van der Waals surface area contributed by atoms with Crippen molar-refractivity contribution >= 4 is 28.9 Å². The van der Waals surface area contributed by atoms with Crippen LogP contribution in [0.2, 0.25) is 5.02 Å². The van der Waals surface area contributed by atoms with Crippen molar-refractivity contribution in [1.82, 2.24) is 5.32 Å². The summed E-state index contributed by atoms with van der Waals surface area (Å²) in [6.07, 6.45) is 5.39. The van der Waals surface area contributed by atoms with Crippen molar-refractivity contribution in [2.24, 2.45) is 0 Å². The second-order valence-corrected chi connectivity index (χ2v) is 5.59. The monoisotopic (exact) mass is 290 g/mol. The zero-order valence-electron chi connectivity index (χ0n) is 10.1. The first-order chi connectivity index (χ1) is 8.57. The van der Waals surface area contributed by atoms with Gasteiger partial charge in [0.1, 0.15) is 0 Å². The van der Waals surface area contributed by atoms with Crippen molar-refractivity contribution in [1.29, 1.82) is 0 Å². The van der Waals surface area contributed by atoms with Crippen LogP contribution in [0, 0.1) is 0 Å². The zero-order chi connectivity index (χ0) is 13.0. The Kier molecular flexibility index (Phi) is 4.71. The quantitative estimate of drug-likeness (QED) is 0.485. The predicted octanol–water partition coefficient (Wildman–Crippen LogP) is 4.49. The SMILES string of the molecule is FC(Cl)(Nc1ccccc1Cl)NC1CCCCC1. The molecule has 1 aromatic carbocycles. The van der Waals surface area contributed by atoms with Gasteiger partial charge in [0.2, 0.25) is 0 Å². The Labute approximate surface area is 117 Å². The molecule has 2 rings (SSSR count). The van der Waals surface area contributed by atoms with Gasteiger partial charge in [0.15, 0.2) is 0 Å². The van der Waals surface area contributed by atoms with Crippen molar-refractivity contribution < 1.29 is 4.39 Å². The van der Waals surface area contributed by atoms with E-state index in [-0.39, 0.29) is 6.04 Å². The van der Waals surface area contributed by atoms with Gasteiger partial charge in [-0.2, -0.15) is 4.39 Å². The minimum atomic E-state index is -2.16. The molecule has 100 valence electrons. The largest absolute Gasteiger partial charge is 0.327 e. The number of para-hydroxylation sites is 1. The second-order valence-electron chi connectivity index (χ2n) is 4.66. The number of hydrogen-bond acceptors (Lipinski definition) is 2. The number of anilines is 1. The van der Waals surface area contributed by atoms with Gasteiger partial charge in [-0.3, -0.25) is 5.32 Å². The number of rotatable bonds is 4. The van der Waals surface area contributed by atoms with Crippen LogP contribution in [0.15, 0.2) is 24.3 Å². The van der Waals surface area contributed by atoms with E-state index in [0.717, 1.165) is 25.7 Å². The molecule has 0 spiro atoms. The predicted molar refractivity (Wildman–Crippen MR) is 74.8 cm³/mol. The van der Waals surface area contributed by atoms with Gasteiger partial charge in [-0.1, -0.05) is 43.0 Å². The number of hydrogen-bond donors (Lipinski definition) is 2. The molecule has 2 nitrogen and oxygen atoms in total. The van der Waals surface area contributed by atoms with Gasteiger partial charge in [0.25, 0.3) is 0 Å². The van der Waals surface area contributed by atoms with E-state index in [9.17, 15) is 4.39 Å². The lowest BCUT2D eigenvalue weighted by Crippen LogP contribution is -2.49. The third-order valence-corrected chi connectivity index (χ3v) is 3.69. The molecule has 1 aromatic rings. The summed E-state index contributed by atoms with van der Waals surface area (Å²) in [4.78, 5) is 0. The van der Waals surface area contributed by atoms with E-state index < -0.39 is 5.38 Å². The molecular formula is C13H17Cl2FN2. The van der Waals surface area contributed by atoms with Crippen molar-refractivity contribution in [2.45, 2.75) is 43.5 Å². The molecule has 2 N–H and O–H groups in total. The molecule has 0 heterocycles. The molecule has 1 fully saturated rings. The fourth-order valence-electron chi connectivity index (χ4n) is 2.27. The van der Waals surface area contributed by atoms with E-state index in [4.69, 9.17) is 23.2 Å². The molecule has 0 amide bonds. The highest BCUT2D eigenvalue weighted by molar-refractivity contribution is 6.33. The van der Waals surface area contributed by atoms with Crippen LogP contribution in [0.5, 0.6) is 0 Å². The van der Waals surface area contributed by atoms with E-state index >= 15 is 0 Å². The summed E-state index contributed by atoms with van der Waals surface area (Å²) in [7, 11) is 0. The summed E-state index contributed by atoms with van der Waals surface area (Å²) in [5, 5.41) is 3.68.